The normalized spacial score (nSPS) is 19.1. The van der Waals surface area contributed by atoms with E-state index < -0.39 is 6.10 Å². The number of halogens is 1. The molecule has 1 fully saturated rings. The summed E-state index contributed by atoms with van der Waals surface area (Å²) >= 11 is 0. The van der Waals surface area contributed by atoms with E-state index in [-0.39, 0.29) is 12.4 Å². The highest BCUT2D eigenvalue weighted by molar-refractivity contribution is 5.22. The minimum Gasteiger partial charge on any atom is -0.493 e. The highest BCUT2D eigenvalue weighted by Gasteiger charge is 2.22. The van der Waals surface area contributed by atoms with E-state index in [2.05, 4.69) is 4.90 Å². The third-order valence-corrected chi connectivity index (χ3v) is 4.56. The first-order valence-corrected chi connectivity index (χ1v) is 9.15. The van der Waals surface area contributed by atoms with Gasteiger partial charge in [0.2, 0.25) is 0 Å². The molecule has 0 bridgehead atoms. The number of likely N-dealkylation sites (tertiary alicyclic amines) is 1. The minimum atomic E-state index is -0.575. The van der Waals surface area contributed by atoms with Gasteiger partial charge in [-0.25, -0.2) is 4.39 Å². The Morgan fingerprint density at radius 1 is 1.04 bits per heavy atom. The summed E-state index contributed by atoms with van der Waals surface area (Å²) in [7, 11) is 0. The summed E-state index contributed by atoms with van der Waals surface area (Å²) in [4.78, 5) is 2.27. The summed E-state index contributed by atoms with van der Waals surface area (Å²) in [5, 5.41) is 10.2. The second-order valence-corrected chi connectivity index (χ2v) is 6.81. The SMILES string of the molecule is OC(COc1ccc(F)cc1)CN1CCCC(COc2ccccc2)C1. The number of rotatable bonds is 8. The number of hydrogen-bond donors (Lipinski definition) is 1. The Labute approximate surface area is 154 Å². The topological polar surface area (TPSA) is 41.9 Å². The van der Waals surface area contributed by atoms with E-state index >= 15 is 0 Å². The van der Waals surface area contributed by atoms with Crippen LogP contribution in [0.4, 0.5) is 4.39 Å². The highest BCUT2D eigenvalue weighted by atomic mass is 19.1. The van der Waals surface area contributed by atoms with E-state index in [1.165, 1.54) is 12.1 Å². The van der Waals surface area contributed by atoms with Crippen molar-refractivity contribution in [3.05, 3.63) is 60.4 Å². The Hall–Kier alpha value is -2.11. The lowest BCUT2D eigenvalue weighted by molar-refractivity contribution is 0.0451. The van der Waals surface area contributed by atoms with Crippen LogP contribution in [0.15, 0.2) is 54.6 Å². The lowest BCUT2D eigenvalue weighted by Crippen LogP contribution is -2.43. The predicted octanol–water partition coefficient (Wildman–Crippen LogP) is 3.36. The molecule has 0 aromatic heterocycles. The summed E-state index contributed by atoms with van der Waals surface area (Å²) in [5.74, 6) is 1.64. The lowest BCUT2D eigenvalue weighted by atomic mass is 9.98. The molecule has 140 valence electrons. The smallest absolute Gasteiger partial charge is 0.123 e. The molecule has 2 unspecified atom stereocenters. The number of benzene rings is 2. The predicted molar refractivity (Wildman–Crippen MR) is 99.0 cm³/mol. The van der Waals surface area contributed by atoms with Crippen molar-refractivity contribution in [2.75, 3.05) is 32.8 Å². The number of aliphatic hydroxyl groups is 1. The van der Waals surface area contributed by atoms with Crippen molar-refractivity contribution in [1.82, 2.24) is 4.90 Å². The molecule has 4 nitrogen and oxygen atoms in total. The van der Waals surface area contributed by atoms with Gasteiger partial charge in [-0.15, -0.1) is 0 Å². The molecule has 2 atom stereocenters. The van der Waals surface area contributed by atoms with Gasteiger partial charge in [0, 0.05) is 19.0 Å². The highest BCUT2D eigenvalue weighted by Crippen LogP contribution is 2.19. The molecule has 0 radical (unpaired) electrons. The zero-order valence-electron chi connectivity index (χ0n) is 14.9. The maximum absolute atomic E-state index is 12.9. The fourth-order valence-corrected chi connectivity index (χ4v) is 3.26. The molecule has 5 heteroatoms. The molecule has 1 N–H and O–H groups in total. The van der Waals surface area contributed by atoms with Crippen LogP contribution >= 0.6 is 0 Å². The van der Waals surface area contributed by atoms with Gasteiger partial charge in [-0.05, 0) is 55.8 Å². The van der Waals surface area contributed by atoms with Gasteiger partial charge in [0.1, 0.15) is 30.0 Å². The Kier molecular flexibility index (Phi) is 6.86. The molecule has 2 aromatic carbocycles. The first kappa shape index (κ1) is 18.7. The van der Waals surface area contributed by atoms with Crippen molar-refractivity contribution in [2.24, 2.45) is 5.92 Å². The van der Waals surface area contributed by atoms with Crippen LogP contribution in [-0.2, 0) is 0 Å². The van der Waals surface area contributed by atoms with Crippen LogP contribution in [0.2, 0.25) is 0 Å². The fourth-order valence-electron chi connectivity index (χ4n) is 3.26. The second-order valence-electron chi connectivity index (χ2n) is 6.81. The molecule has 2 aromatic rings. The zero-order valence-corrected chi connectivity index (χ0v) is 14.9. The van der Waals surface area contributed by atoms with E-state index in [0.717, 1.165) is 31.7 Å². The van der Waals surface area contributed by atoms with Gasteiger partial charge < -0.3 is 19.5 Å². The molecule has 1 heterocycles. The third-order valence-electron chi connectivity index (χ3n) is 4.56. The molecule has 0 saturated carbocycles. The van der Waals surface area contributed by atoms with E-state index in [9.17, 15) is 9.50 Å². The number of para-hydroxylation sites is 1. The Morgan fingerprint density at radius 2 is 1.77 bits per heavy atom. The standard InChI is InChI=1S/C21H26FNO3/c22-18-8-10-21(11-9-18)26-16-19(24)14-23-12-4-5-17(13-23)15-25-20-6-2-1-3-7-20/h1-3,6-11,17,19,24H,4-5,12-16H2. The van der Waals surface area contributed by atoms with Gasteiger partial charge in [-0.3, -0.25) is 0 Å². The van der Waals surface area contributed by atoms with Crippen molar-refractivity contribution in [3.63, 3.8) is 0 Å². The molecule has 26 heavy (non-hydrogen) atoms. The first-order chi connectivity index (χ1) is 12.7. The molecular weight excluding hydrogens is 333 g/mol. The number of ether oxygens (including phenoxy) is 2. The molecular formula is C21H26FNO3. The number of β-amino-alcohol motifs (C(OH)–C–C–N with tert-alkyl or cyclic N) is 1. The monoisotopic (exact) mass is 359 g/mol. The second kappa shape index (κ2) is 9.55. The van der Waals surface area contributed by atoms with Gasteiger partial charge in [-0.2, -0.15) is 0 Å². The molecule has 1 saturated heterocycles. The van der Waals surface area contributed by atoms with Gasteiger partial charge in [-0.1, -0.05) is 18.2 Å². The largest absolute Gasteiger partial charge is 0.493 e. The average molecular weight is 359 g/mol. The van der Waals surface area contributed by atoms with Crippen molar-refractivity contribution in [1.29, 1.82) is 0 Å². The molecule has 0 spiro atoms. The van der Waals surface area contributed by atoms with Gasteiger partial charge >= 0.3 is 0 Å². The number of hydrogen-bond acceptors (Lipinski definition) is 4. The number of piperidine rings is 1. The Morgan fingerprint density at radius 3 is 2.54 bits per heavy atom. The molecule has 0 amide bonds. The van der Waals surface area contributed by atoms with Crippen LogP contribution < -0.4 is 9.47 Å². The number of aliphatic hydroxyl groups excluding tert-OH is 1. The fraction of sp³-hybridized carbons (Fsp3) is 0.429. The van der Waals surface area contributed by atoms with Crippen LogP contribution in [0.3, 0.4) is 0 Å². The average Bonchev–Trinajstić information content (AvgIpc) is 2.67. The van der Waals surface area contributed by atoms with Gasteiger partial charge in [0.15, 0.2) is 0 Å². The first-order valence-electron chi connectivity index (χ1n) is 9.15. The molecule has 3 rings (SSSR count). The molecule has 1 aliphatic rings. The third kappa shape index (κ3) is 6.00. The van der Waals surface area contributed by atoms with Crippen LogP contribution in [0.25, 0.3) is 0 Å². The maximum atomic E-state index is 12.9. The Bertz CT molecular complexity index is 650. The summed E-state index contributed by atoms with van der Waals surface area (Å²) in [6, 6.07) is 15.7. The van der Waals surface area contributed by atoms with E-state index in [1.807, 2.05) is 30.3 Å². The maximum Gasteiger partial charge on any atom is 0.123 e. The lowest BCUT2D eigenvalue weighted by Gasteiger charge is -2.33. The van der Waals surface area contributed by atoms with Crippen molar-refractivity contribution in [3.8, 4) is 11.5 Å². The van der Waals surface area contributed by atoms with Crippen LogP contribution in [-0.4, -0.2) is 49.0 Å². The quantitative estimate of drug-likeness (QED) is 0.785. The summed E-state index contributed by atoms with van der Waals surface area (Å²) < 4.78 is 24.3. The van der Waals surface area contributed by atoms with Crippen LogP contribution in [0.1, 0.15) is 12.8 Å². The summed E-state index contributed by atoms with van der Waals surface area (Å²) in [6.07, 6.45) is 1.67. The Balaban J connectivity index is 1.39. The zero-order chi connectivity index (χ0) is 18.2. The van der Waals surface area contributed by atoms with E-state index in [0.29, 0.717) is 24.8 Å². The van der Waals surface area contributed by atoms with Gasteiger partial charge in [0.05, 0.1) is 6.61 Å². The molecule has 1 aliphatic heterocycles. The van der Waals surface area contributed by atoms with E-state index in [4.69, 9.17) is 9.47 Å². The van der Waals surface area contributed by atoms with Crippen molar-refractivity contribution < 1.29 is 19.0 Å². The summed E-state index contributed by atoms with van der Waals surface area (Å²) in [5.41, 5.74) is 0. The molecule has 0 aliphatic carbocycles. The minimum absolute atomic E-state index is 0.202. The van der Waals surface area contributed by atoms with Crippen LogP contribution in [0, 0.1) is 11.7 Å². The summed E-state index contributed by atoms with van der Waals surface area (Å²) in [6.45, 7) is 3.37. The van der Waals surface area contributed by atoms with Crippen molar-refractivity contribution in [2.45, 2.75) is 18.9 Å². The van der Waals surface area contributed by atoms with Crippen molar-refractivity contribution >= 4 is 0 Å². The number of nitrogens with zero attached hydrogens (tertiary/aromatic N) is 1. The van der Waals surface area contributed by atoms with Crippen LogP contribution in [0.5, 0.6) is 11.5 Å². The van der Waals surface area contributed by atoms with Gasteiger partial charge in [0.25, 0.3) is 0 Å². The van der Waals surface area contributed by atoms with E-state index in [1.54, 1.807) is 12.1 Å².